The van der Waals surface area contributed by atoms with Gasteiger partial charge in [0, 0.05) is 51.6 Å². The molecule has 19 heteroatoms. The van der Waals surface area contributed by atoms with Gasteiger partial charge in [-0.05, 0) is 83.5 Å². The molecule has 0 bridgehead atoms. The Morgan fingerprint density at radius 3 is 1.48 bits per heavy atom. The Morgan fingerprint density at radius 2 is 1.07 bits per heavy atom. The van der Waals surface area contributed by atoms with E-state index in [-0.39, 0.29) is 19.4 Å². The molecule has 0 spiro atoms. The van der Waals surface area contributed by atoms with Crippen molar-refractivity contribution in [3.8, 4) is 0 Å². The number of carbonyl (C=O) groups excluding carboxylic acids is 8. The molecule has 19 nitrogen and oxygen atoms in total. The maximum absolute atomic E-state index is 13.3. The van der Waals surface area contributed by atoms with E-state index in [2.05, 4.69) is 42.0 Å². The van der Waals surface area contributed by atoms with E-state index in [0.717, 1.165) is 30.6 Å². The number of methoxy groups -OCH3 is 1. The zero-order valence-corrected chi connectivity index (χ0v) is 31.8. The summed E-state index contributed by atoms with van der Waals surface area (Å²) in [7, 11) is 1.25. The average molecular weight is 767 g/mol. The fourth-order valence-corrected chi connectivity index (χ4v) is 5.60. The van der Waals surface area contributed by atoms with Crippen LogP contribution in [0.15, 0.2) is 0 Å². The number of primary amides is 2. The normalized spacial score (nSPS) is 15.1. The van der Waals surface area contributed by atoms with Crippen LogP contribution in [0.5, 0.6) is 0 Å². The van der Waals surface area contributed by atoms with Crippen LogP contribution in [0.1, 0.15) is 96.8 Å². The number of carbonyl (C=O) groups is 8. The fourth-order valence-electron chi connectivity index (χ4n) is 5.60. The Bertz CT molecular complexity index is 1210. The van der Waals surface area contributed by atoms with Crippen LogP contribution in [0.2, 0.25) is 0 Å². The minimum absolute atomic E-state index is 0.108. The standard InChI is InChI=1S/C35H62N10O9/c1-23(46)42-28(11-5-8-19-41-35(53)54-2)34(52)40-20-16-31(49)45(21-29(47)38-17-6-3-9-26(32(36)50)43-24-12-13-24)22-30(48)39-18-7-4-10-27(33(37)51)44-25-14-15-25/h24-28,43-44H,3-22H2,1-2H3,(H2,36,50)(H2,37,51)(H,38,47)(H,39,48)(H,40,52)(H,41,53)(H,42,46)/t26?,27?,28-/m0/s1. The number of hydrogen-bond acceptors (Lipinski definition) is 11. The molecule has 8 amide bonds. The van der Waals surface area contributed by atoms with E-state index in [9.17, 15) is 38.4 Å². The molecule has 306 valence electrons. The number of hydrogen-bond donors (Lipinski definition) is 9. The summed E-state index contributed by atoms with van der Waals surface area (Å²) in [6.45, 7) is 1.30. The van der Waals surface area contributed by atoms with Crippen LogP contribution >= 0.6 is 0 Å². The summed E-state index contributed by atoms with van der Waals surface area (Å²) in [6.07, 6.45) is 8.12. The van der Waals surface area contributed by atoms with Crippen molar-refractivity contribution >= 4 is 47.4 Å². The number of unbranched alkanes of at least 4 members (excludes halogenated alkanes) is 3. The first-order valence-corrected chi connectivity index (χ1v) is 19.1. The van der Waals surface area contributed by atoms with Crippen LogP contribution in [0, 0.1) is 0 Å². The molecule has 0 heterocycles. The largest absolute Gasteiger partial charge is 0.453 e. The van der Waals surface area contributed by atoms with E-state index < -0.39 is 78.7 Å². The van der Waals surface area contributed by atoms with Crippen LogP contribution in [-0.2, 0) is 38.3 Å². The van der Waals surface area contributed by atoms with Crippen LogP contribution in [0.3, 0.4) is 0 Å². The predicted octanol–water partition coefficient (Wildman–Crippen LogP) is -1.86. The third-order valence-corrected chi connectivity index (χ3v) is 8.93. The van der Waals surface area contributed by atoms with E-state index in [1.54, 1.807) is 0 Å². The summed E-state index contributed by atoms with van der Waals surface area (Å²) >= 11 is 0. The number of nitrogens with zero attached hydrogens (tertiary/aromatic N) is 1. The Kier molecular flexibility index (Phi) is 21.5. The van der Waals surface area contributed by atoms with Crippen molar-refractivity contribution in [3.63, 3.8) is 0 Å². The number of amides is 8. The number of ether oxygens (including phenoxy) is 1. The van der Waals surface area contributed by atoms with Gasteiger partial charge < -0.3 is 58.3 Å². The quantitative estimate of drug-likeness (QED) is 0.0366. The van der Waals surface area contributed by atoms with Crippen LogP contribution in [-0.4, -0.2) is 129 Å². The molecule has 0 saturated heterocycles. The molecule has 2 saturated carbocycles. The van der Waals surface area contributed by atoms with Gasteiger partial charge >= 0.3 is 6.09 Å². The van der Waals surface area contributed by atoms with Crippen LogP contribution < -0.4 is 48.7 Å². The summed E-state index contributed by atoms with van der Waals surface area (Å²) in [5, 5.41) is 19.7. The van der Waals surface area contributed by atoms with E-state index in [1.165, 1.54) is 14.0 Å². The maximum atomic E-state index is 13.3. The highest BCUT2D eigenvalue weighted by Crippen LogP contribution is 2.21. The number of alkyl carbamates (subject to hydrolysis) is 1. The summed E-state index contributed by atoms with van der Waals surface area (Å²) in [4.78, 5) is 99.4. The Balaban J connectivity index is 1.86. The monoisotopic (exact) mass is 766 g/mol. The molecule has 54 heavy (non-hydrogen) atoms. The van der Waals surface area contributed by atoms with Gasteiger partial charge in [-0.15, -0.1) is 0 Å². The molecule has 2 unspecified atom stereocenters. The Labute approximate surface area is 317 Å². The van der Waals surface area contributed by atoms with Gasteiger partial charge in [-0.25, -0.2) is 4.79 Å². The van der Waals surface area contributed by atoms with Crippen molar-refractivity contribution < 1.29 is 43.1 Å². The van der Waals surface area contributed by atoms with Crippen molar-refractivity contribution in [1.29, 1.82) is 0 Å². The average Bonchev–Trinajstić information content (AvgIpc) is 4.06. The van der Waals surface area contributed by atoms with Crippen LogP contribution in [0.25, 0.3) is 0 Å². The maximum Gasteiger partial charge on any atom is 0.406 e. The third kappa shape index (κ3) is 21.2. The molecule has 0 aromatic heterocycles. The molecular formula is C35H62N10O9. The molecule has 2 rings (SSSR count). The van der Waals surface area contributed by atoms with E-state index >= 15 is 0 Å². The molecular weight excluding hydrogens is 704 g/mol. The minimum Gasteiger partial charge on any atom is -0.453 e. The first-order valence-electron chi connectivity index (χ1n) is 19.1. The Hall–Kier alpha value is -4.52. The summed E-state index contributed by atoms with van der Waals surface area (Å²) < 4.78 is 4.52. The number of rotatable bonds is 30. The van der Waals surface area contributed by atoms with Gasteiger partial charge in [0.15, 0.2) is 0 Å². The number of nitrogens with two attached hydrogens (primary N) is 2. The van der Waals surface area contributed by atoms with E-state index in [1.807, 2.05) is 0 Å². The lowest BCUT2D eigenvalue weighted by molar-refractivity contribution is -0.139. The van der Waals surface area contributed by atoms with E-state index in [0.29, 0.717) is 83.1 Å². The van der Waals surface area contributed by atoms with Crippen molar-refractivity contribution in [1.82, 2.24) is 42.1 Å². The van der Waals surface area contributed by atoms with Gasteiger partial charge in [-0.2, -0.15) is 0 Å². The van der Waals surface area contributed by atoms with Crippen molar-refractivity contribution in [2.45, 2.75) is 127 Å². The van der Waals surface area contributed by atoms with Crippen molar-refractivity contribution in [3.05, 3.63) is 0 Å². The Morgan fingerprint density at radius 1 is 0.630 bits per heavy atom. The molecule has 2 fully saturated rings. The van der Waals surface area contributed by atoms with Crippen molar-refractivity contribution in [2.24, 2.45) is 11.5 Å². The van der Waals surface area contributed by atoms with Gasteiger partial charge in [-0.3, -0.25) is 33.6 Å². The first-order chi connectivity index (χ1) is 25.8. The third-order valence-electron chi connectivity index (χ3n) is 8.93. The fraction of sp³-hybridized carbons (Fsp3) is 0.771. The zero-order chi connectivity index (χ0) is 39.9. The molecule has 11 N–H and O–H groups in total. The number of nitrogens with one attached hydrogen (secondary N) is 7. The van der Waals surface area contributed by atoms with Gasteiger partial charge in [-0.1, -0.05) is 0 Å². The molecule has 0 aliphatic heterocycles. The van der Waals surface area contributed by atoms with Gasteiger partial charge in [0.1, 0.15) is 19.1 Å². The molecule has 0 aromatic carbocycles. The molecule has 3 atom stereocenters. The highest BCUT2D eigenvalue weighted by molar-refractivity contribution is 5.90. The molecule has 0 aromatic rings. The van der Waals surface area contributed by atoms with Gasteiger partial charge in [0.05, 0.1) is 19.2 Å². The SMILES string of the molecule is COC(=O)NCCCC[C@H](NC(C)=O)C(=O)NCCC(=O)N(CC(=O)NCCCCC(NC1CC1)C(N)=O)CC(=O)NCCCCC(NC1CC1)C(N)=O. The smallest absolute Gasteiger partial charge is 0.406 e. The predicted molar refractivity (Wildman–Crippen MR) is 198 cm³/mol. The van der Waals surface area contributed by atoms with Crippen molar-refractivity contribution in [2.75, 3.05) is 46.4 Å². The molecule has 2 aliphatic rings. The zero-order valence-electron chi connectivity index (χ0n) is 31.8. The second kappa shape index (κ2) is 25.5. The van der Waals surface area contributed by atoms with Gasteiger partial charge in [0.2, 0.25) is 41.4 Å². The van der Waals surface area contributed by atoms with E-state index in [4.69, 9.17) is 11.5 Å². The highest BCUT2D eigenvalue weighted by atomic mass is 16.5. The summed E-state index contributed by atoms with van der Waals surface area (Å²) in [5.74, 6) is -3.23. The minimum atomic E-state index is -0.867. The summed E-state index contributed by atoms with van der Waals surface area (Å²) in [6, 6.07) is -1.06. The van der Waals surface area contributed by atoms with Crippen LogP contribution in [0.4, 0.5) is 4.79 Å². The second-order valence-electron chi connectivity index (χ2n) is 13.9. The summed E-state index contributed by atoms with van der Waals surface area (Å²) in [5.41, 5.74) is 11.0. The van der Waals surface area contributed by atoms with Gasteiger partial charge in [0.25, 0.3) is 0 Å². The molecule has 0 radical (unpaired) electrons. The first kappa shape index (κ1) is 45.6. The molecule has 2 aliphatic carbocycles. The topological polar surface area (TPSA) is 285 Å². The lowest BCUT2D eigenvalue weighted by Crippen LogP contribution is -2.48. The lowest BCUT2D eigenvalue weighted by Gasteiger charge is -2.23. The lowest BCUT2D eigenvalue weighted by atomic mass is 10.1. The highest BCUT2D eigenvalue weighted by Gasteiger charge is 2.28. The second-order valence-corrected chi connectivity index (χ2v) is 13.9.